The Labute approximate surface area is 173 Å². The first kappa shape index (κ1) is 20.3. The average molecular weight is 418 g/mol. The summed E-state index contributed by atoms with van der Waals surface area (Å²) in [5.74, 6) is 0.894. The Kier molecular flexibility index (Phi) is 6.65. The first-order chi connectivity index (χ1) is 13.5. The van der Waals surface area contributed by atoms with Crippen LogP contribution in [0.4, 0.5) is 4.79 Å². The van der Waals surface area contributed by atoms with Crippen molar-refractivity contribution in [2.75, 3.05) is 13.7 Å². The van der Waals surface area contributed by atoms with E-state index < -0.39 is 0 Å². The van der Waals surface area contributed by atoms with Gasteiger partial charge in [-0.25, -0.2) is 0 Å². The Morgan fingerprint density at radius 2 is 1.93 bits per heavy atom. The minimum absolute atomic E-state index is 0.148. The Balaban J connectivity index is 1.80. The Hall–Kier alpha value is -2.44. The van der Waals surface area contributed by atoms with Crippen molar-refractivity contribution >= 4 is 40.6 Å². The van der Waals surface area contributed by atoms with Crippen molar-refractivity contribution in [1.82, 2.24) is 4.90 Å². The second-order valence-corrected chi connectivity index (χ2v) is 7.52. The molecule has 0 atom stereocenters. The van der Waals surface area contributed by atoms with E-state index in [1.165, 1.54) is 4.90 Å². The molecule has 28 heavy (non-hydrogen) atoms. The average Bonchev–Trinajstić information content (AvgIpc) is 2.95. The lowest BCUT2D eigenvalue weighted by atomic mass is 10.1. The Morgan fingerprint density at radius 3 is 2.64 bits per heavy atom. The second kappa shape index (κ2) is 9.17. The third-order valence-corrected chi connectivity index (χ3v) is 5.38. The van der Waals surface area contributed by atoms with Crippen molar-refractivity contribution in [2.24, 2.45) is 0 Å². The number of thioether (sulfide) groups is 1. The lowest BCUT2D eigenvalue weighted by Crippen LogP contribution is -2.27. The van der Waals surface area contributed by atoms with E-state index in [9.17, 15) is 9.59 Å². The highest BCUT2D eigenvalue weighted by atomic mass is 35.5. The summed E-state index contributed by atoms with van der Waals surface area (Å²) in [5, 5.41) is 0.212. The van der Waals surface area contributed by atoms with Gasteiger partial charge in [-0.15, -0.1) is 0 Å². The van der Waals surface area contributed by atoms with Gasteiger partial charge in [-0.3, -0.25) is 14.5 Å². The molecule has 0 spiro atoms. The van der Waals surface area contributed by atoms with Gasteiger partial charge in [0.2, 0.25) is 0 Å². The van der Waals surface area contributed by atoms with Gasteiger partial charge in [0.15, 0.2) is 11.5 Å². The van der Waals surface area contributed by atoms with E-state index >= 15 is 0 Å². The van der Waals surface area contributed by atoms with E-state index in [2.05, 4.69) is 0 Å². The molecule has 2 aromatic rings. The van der Waals surface area contributed by atoms with Gasteiger partial charge in [0, 0.05) is 5.02 Å². The molecular formula is C21H20ClNO4S. The predicted molar refractivity (Wildman–Crippen MR) is 112 cm³/mol. The van der Waals surface area contributed by atoms with Gasteiger partial charge in [0.25, 0.3) is 11.1 Å². The zero-order valence-corrected chi connectivity index (χ0v) is 17.2. The molecule has 1 heterocycles. The molecule has 2 aromatic carbocycles. The minimum atomic E-state index is -0.333. The standard InChI is InChI=1S/C21H20ClNO4S/c1-3-10-27-17-9-8-14(11-18(17)26-2)12-19-20(24)23(21(25)28-19)13-15-6-4-5-7-16(15)22/h4-9,11-12H,3,10,13H2,1-2H3/b19-12-. The SMILES string of the molecule is CCCOc1ccc(/C=C2\SC(=O)N(Cc3ccccc3Cl)C2=O)cc1OC. The number of carbonyl (C=O) groups is 2. The third kappa shape index (κ3) is 4.51. The largest absolute Gasteiger partial charge is 0.493 e. The lowest BCUT2D eigenvalue weighted by Gasteiger charge is -2.13. The summed E-state index contributed by atoms with van der Waals surface area (Å²) in [6, 6.07) is 12.6. The molecule has 0 saturated carbocycles. The number of methoxy groups -OCH3 is 1. The summed E-state index contributed by atoms with van der Waals surface area (Å²) in [6.07, 6.45) is 2.58. The van der Waals surface area contributed by atoms with Crippen LogP contribution in [0, 0.1) is 0 Å². The van der Waals surface area contributed by atoms with E-state index in [0.29, 0.717) is 28.0 Å². The number of benzene rings is 2. The van der Waals surface area contributed by atoms with Crippen LogP contribution in [0.2, 0.25) is 5.02 Å². The first-order valence-electron chi connectivity index (χ1n) is 8.83. The number of carbonyl (C=O) groups excluding carboxylic acids is 2. The summed E-state index contributed by atoms with van der Waals surface area (Å²) in [4.78, 5) is 26.6. The van der Waals surface area contributed by atoms with Crippen molar-refractivity contribution in [3.8, 4) is 11.5 Å². The number of amides is 2. The van der Waals surface area contributed by atoms with E-state index in [1.54, 1.807) is 43.5 Å². The Morgan fingerprint density at radius 1 is 1.14 bits per heavy atom. The summed E-state index contributed by atoms with van der Waals surface area (Å²) in [7, 11) is 1.56. The van der Waals surface area contributed by atoms with E-state index in [0.717, 1.165) is 29.3 Å². The van der Waals surface area contributed by atoms with Gasteiger partial charge in [0.1, 0.15) is 0 Å². The highest BCUT2D eigenvalue weighted by Gasteiger charge is 2.35. The highest BCUT2D eigenvalue weighted by Crippen LogP contribution is 2.35. The van der Waals surface area contributed by atoms with Crippen LogP contribution in [-0.4, -0.2) is 29.8 Å². The zero-order chi connectivity index (χ0) is 20.1. The van der Waals surface area contributed by atoms with Crippen molar-refractivity contribution < 1.29 is 19.1 Å². The maximum Gasteiger partial charge on any atom is 0.293 e. The fourth-order valence-corrected chi connectivity index (χ4v) is 3.72. The molecule has 0 radical (unpaired) electrons. The fraction of sp³-hybridized carbons (Fsp3) is 0.238. The van der Waals surface area contributed by atoms with Crippen molar-refractivity contribution in [2.45, 2.75) is 19.9 Å². The molecule has 7 heteroatoms. The number of ether oxygens (including phenoxy) is 2. The molecule has 146 valence electrons. The molecule has 0 aliphatic carbocycles. The molecule has 2 amide bonds. The molecule has 0 unspecified atom stereocenters. The number of nitrogens with zero attached hydrogens (tertiary/aromatic N) is 1. The van der Waals surface area contributed by atoms with Gasteiger partial charge in [-0.05, 0) is 53.6 Å². The van der Waals surface area contributed by atoms with Crippen LogP contribution in [0.25, 0.3) is 6.08 Å². The molecule has 1 saturated heterocycles. The van der Waals surface area contributed by atoms with Crippen LogP contribution >= 0.6 is 23.4 Å². The van der Waals surface area contributed by atoms with Crippen LogP contribution in [0.3, 0.4) is 0 Å². The van der Waals surface area contributed by atoms with Crippen molar-refractivity contribution in [3.05, 3.63) is 63.5 Å². The maximum atomic E-state index is 12.7. The number of rotatable bonds is 7. The molecule has 0 aromatic heterocycles. The van der Waals surface area contributed by atoms with E-state index in [1.807, 2.05) is 19.1 Å². The number of imide groups is 1. The summed E-state index contributed by atoms with van der Waals surface area (Å²) < 4.78 is 11.0. The minimum Gasteiger partial charge on any atom is -0.493 e. The first-order valence-corrected chi connectivity index (χ1v) is 10.0. The number of halogens is 1. The van der Waals surface area contributed by atoms with Gasteiger partial charge in [0.05, 0.1) is 25.2 Å². The highest BCUT2D eigenvalue weighted by molar-refractivity contribution is 8.18. The summed E-state index contributed by atoms with van der Waals surface area (Å²) in [6.45, 7) is 2.77. The van der Waals surface area contributed by atoms with E-state index in [-0.39, 0.29) is 17.7 Å². The van der Waals surface area contributed by atoms with Crippen LogP contribution in [0.1, 0.15) is 24.5 Å². The molecule has 1 aliphatic rings. The van der Waals surface area contributed by atoms with Crippen LogP contribution in [-0.2, 0) is 11.3 Å². The molecule has 0 N–H and O–H groups in total. The molecule has 1 fully saturated rings. The van der Waals surface area contributed by atoms with Crippen molar-refractivity contribution in [1.29, 1.82) is 0 Å². The van der Waals surface area contributed by atoms with Crippen LogP contribution in [0.15, 0.2) is 47.4 Å². The zero-order valence-electron chi connectivity index (χ0n) is 15.6. The summed E-state index contributed by atoms with van der Waals surface area (Å²) in [5.41, 5.74) is 1.48. The quantitative estimate of drug-likeness (QED) is 0.566. The second-order valence-electron chi connectivity index (χ2n) is 6.12. The fourth-order valence-electron chi connectivity index (χ4n) is 2.69. The van der Waals surface area contributed by atoms with Gasteiger partial charge >= 0.3 is 0 Å². The van der Waals surface area contributed by atoms with Gasteiger partial charge in [-0.1, -0.05) is 42.8 Å². The topological polar surface area (TPSA) is 55.8 Å². The van der Waals surface area contributed by atoms with E-state index in [4.69, 9.17) is 21.1 Å². The molecule has 1 aliphatic heterocycles. The molecule has 3 rings (SSSR count). The maximum absolute atomic E-state index is 12.7. The molecule has 0 bridgehead atoms. The summed E-state index contributed by atoms with van der Waals surface area (Å²) >= 11 is 7.07. The van der Waals surface area contributed by atoms with Gasteiger partial charge in [-0.2, -0.15) is 0 Å². The normalized spacial score (nSPS) is 15.4. The van der Waals surface area contributed by atoms with Crippen LogP contribution < -0.4 is 9.47 Å². The number of hydrogen-bond donors (Lipinski definition) is 0. The predicted octanol–water partition coefficient (Wildman–Crippen LogP) is 5.37. The molecular weight excluding hydrogens is 398 g/mol. The smallest absolute Gasteiger partial charge is 0.293 e. The monoisotopic (exact) mass is 417 g/mol. The van der Waals surface area contributed by atoms with Crippen LogP contribution in [0.5, 0.6) is 11.5 Å². The number of hydrogen-bond acceptors (Lipinski definition) is 5. The molecule has 5 nitrogen and oxygen atoms in total. The van der Waals surface area contributed by atoms with Gasteiger partial charge < -0.3 is 9.47 Å². The third-order valence-electron chi connectivity index (χ3n) is 4.11. The van der Waals surface area contributed by atoms with Crippen molar-refractivity contribution in [3.63, 3.8) is 0 Å². The Bertz CT molecular complexity index is 928. The lowest BCUT2D eigenvalue weighted by molar-refractivity contribution is -0.123.